The summed E-state index contributed by atoms with van der Waals surface area (Å²) < 4.78 is 0.601. The van der Waals surface area contributed by atoms with Gasteiger partial charge in [0.15, 0.2) is 5.82 Å². The molecule has 0 unspecified atom stereocenters. The Balaban J connectivity index is 2.37. The summed E-state index contributed by atoms with van der Waals surface area (Å²) in [5, 5.41) is 4.15. The van der Waals surface area contributed by atoms with Gasteiger partial charge in [0.1, 0.15) is 16.6 Å². The highest BCUT2D eigenvalue weighted by atomic mass is 79.9. The van der Waals surface area contributed by atoms with Crippen LogP contribution < -0.4 is 16.6 Å². The second kappa shape index (κ2) is 5.71. The third kappa shape index (κ3) is 2.84. The third-order valence-electron chi connectivity index (χ3n) is 2.11. The van der Waals surface area contributed by atoms with Crippen LogP contribution in [0, 0.1) is 0 Å². The number of hydrogen-bond acceptors (Lipinski definition) is 5. The molecule has 0 fully saturated rings. The Bertz CT molecular complexity index is 578. The van der Waals surface area contributed by atoms with Crippen molar-refractivity contribution in [3.63, 3.8) is 0 Å². The van der Waals surface area contributed by atoms with Crippen LogP contribution in [-0.2, 0) is 0 Å². The van der Waals surface area contributed by atoms with E-state index in [-0.39, 0.29) is 0 Å². The van der Waals surface area contributed by atoms with Crippen LogP contribution in [0.5, 0.6) is 0 Å². The van der Waals surface area contributed by atoms with Crippen LogP contribution in [0.4, 0.5) is 17.3 Å². The molecule has 1 aromatic carbocycles. The van der Waals surface area contributed by atoms with E-state index in [0.29, 0.717) is 31.8 Å². The molecule has 94 valence electrons. The molecule has 18 heavy (non-hydrogen) atoms. The lowest BCUT2D eigenvalue weighted by molar-refractivity contribution is 1.12. The van der Waals surface area contributed by atoms with E-state index in [1.165, 1.54) is 6.33 Å². The van der Waals surface area contributed by atoms with Crippen molar-refractivity contribution in [2.75, 3.05) is 10.7 Å². The second-order valence-corrected chi connectivity index (χ2v) is 4.92. The van der Waals surface area contributed by atoms with Gasteiger partial charge in [-0.2, -0.15) is 0 Å². The van der Waals surface area contributed by atoms with Gasteiger partial charge in [-0.15, -0.1) is 0 Å². The highest BCUT2D eigenvalue weighted by Crippen LogP contribution is 2.32. The Morgan fingerprint density at radius 1 is 1.17 bits per heavy atom. The van der Waals surface area contributed by atoms with Gasteiger partial charge in [0.2, 0.25) is 0 Å². The summed E-state index contributed by atoms with van der Waals surface area (Å²) in [5.74, 6) is 6.32. The summed E-state index contributed by atoms with van der Waals surface area (Å²) in [6.07, 6.45) is 1.38. The maximum absolute atomic E-state index is 6.05. The molecule has 5 nitrogen and oxygen atoms in total. The lowest BCUT2D eigenvalue weighted by Crippen LogP contribution is -2.10. The van der Waals surface area contributed by atoms with Gasteiger partial charge < -0.3 is 10.7 Å². The summed E-state index contributed by atoms with van der Waals surface area (Å²) in [5.41, 5.74) is 3.10. The van der Waals surface area contributed by atoms with E-state index in [0.717, 1.165) is 0 Å². The van der Waals surface area contributed by atoms with Crippen molar-refractivity contribution in [2.45, 2.75) is 0 Å². The lowest BCUT2D eigenvalue weighted by atomic mass is 10.3. The van der Waals surface area contributed by atoms with E-state index in [1.54, 1.807) is 18.2 Å². The lowest BCUT2D eigenvalue weighted by Gasteiger charge is -2.11. The Kier molecular flexibility index (Phi) is 4.23. The fourth-order valence-electron chi connectivity index (χ4n) is 1.28. The van der Waals surface area contributed by atoms with Crippen molar-refractivity contribution in [1.82, 2.24) is 9.97 Å². The topological polar surface area (TPSA) is 75.9 Å². The SMILES string of the molecule is NNc1ncnc(Nc2cc(Cl)ccc2Cl)c1Br. The molecular formula is C10H8BrCl2N5. The normalized spacial score (nSPS) is 10.2. The standard InChI is InChI=1S/C10H8BrCl2N5/c11-8-9(15-4-16-10(8)18-14)17-7-3-5(12)1-2-6(7)13/h1-4H,14H2,(H2,15,16,17,18). The van der Waals surface area contributed by atoms with Crippen LogP contribution in [0.1, 0.15) is 0 Å². The zero-order valence-corrected chi connectivity index (χ0v) is 12.0. The number of halogens is 3. The van der Waals surface area contributed by atoms with Gasteiger partial charge in [0, 0.05) is 5.02 Å². The summed E-state index contributed by atoms with van der Waals surface area (Å²) in [6.45, 7) is 0. The minimum Gasteiger partial charge on any atom is -0.338 e. The molecule has 2 aromatic rings. The molecule has 0 radical (unpaired) electrons. The van der Waals surface area contributed by atoms with Crippen molar-refractivity contribution in [2.24, 2.45) is 5.84 Å². The van der Waals surface area contributed by atoms with E-state index >= 15 is 0 Å². The largest absolute Gasteiger partial charge is 0.338 e. The first-order chi connectivity index (χ1) is 8.61. The molecule has 0 amide bonds. The molecule has 8 heteroatoms. The van der Waals surface area contributed by atoms with Crippen molar-refractivity contribution >= 4 is 56.5 Å². The number of nitrogens with two attached hydrogens (primary N) is 1. The maximum Gasteiger partial charge on any atom is 0.159 e. The van der Waals surface area contributed by atoms with Gasteiger partial charge in [-0.1, -0.05) is 23.2 Å². The Labute approximate surface area is 122 Å². The van der Waals surface area contributed by atoms with E-state index in [9.17, 15) is 0 Å². The van der Waals surface area contributed by atoms with Crippen LogP contribution >= 0.6 is 39.1 Å². The minimum absolute atomic E-state index is 0.464. The number of nitrogens with one attached hydrogen (secondary N) is 2. The van der Waals surface area contributed by atoms with Gasteiger partial charge in [0.25, 0.3) is 0 Å². The van der Waals surface area contributed by atoms with Crippen LogP contribution in [0.2, 0.25) is 10.0 Å². The fraction of sp³-hybridized carbons (Fsp3) is 0. The first-order valence-corrected chi connectivity index (χ1v) is 6.36. The van der Waals surface area contributed by atoms with E-state index in [2.05, 4.69) is 36.6 Å². The van der Waals surface area contributed by atoms with E-state index in [4.69, 9.17) is 29.0 Å². The predicted molar refractivity (Wildman–Crippen MR) is 77.3 cm³/mol. The highest BCUT2D eigenvalue weighted by molar-refractivity contribution is 9.10. The number of hydrazine groups is 1. The monoisotopic (exact) mass is 347 g/mol. The van der Waals surface area contributed by atoms with E-state index in [1.807, 2.05) is 0 Å². The molecule has 0 saturated heterocycles. The Hall–Kier alpha value is -1.08. The zero-order valence-electron chi connectivity index (χ0n) is 8.92. The molecular weight excluding hydrogens is 341 g/mol. The molecule has 4 N–H and O–H groups in total. The van der Waals surface area contributed by atoms with Crippen LogP contribution in [0.15, 0.2) is 29.0 Å². The van der Waals surface area contributed by atoms with Crippen molar-refractivity contribution in [3.05, 3.63) is 39.0 Å². The average Bonchev–Trinajstić information content (AvgIpc) is 2.36. The third-order valence-corrected chi connectivity index (χ3v) is 3.42. The van der Waals surface area contributed by atoms with Crippen LogP contribution in [0.25, 0.3) is 0 Å². The summed E-state index contributed by atoms with van der Waals surface area (Å²) >= 11 is 15.3. The first-order valence-electron chi connectivity index (χ1n) is 4.81. The average molecular weight is 349 g/mol. The van der Waals surface area contributed by atoms with Crippen LogP contribution in [0.3, 0.4) is 0 Å². The van der Waals surface area contributed by atoms with Crippen molar-refractivity contribution in [1.29, 1.82) is 0 Å². The van der Waals surface area contributed by atoms with Gasteiger partial charge in [-0.25, -0.2) is 15.8 Å². The molecule has 0 aliphatic carbocycles. The Morgan fingerprint density at radius 2 is 1.89 bits per heavy atom. The van der Waals surface area contributed by atoms with E-state index < -0.39 is 0 Å². The van der Waals surface area contributed by atoms with Gasteiger partial charge in [-0.05, 0) is 34.1 Å². The number of benzene rings is 1. The molecule has 0 aliphatic heterocycles. The number of rotatable bonds is 3. The van der Waals surface area contributed by atoms with Crippen molar-refractivity contribution in [3.8, 4) is 0 Å². The molecule has 0 bridgehead atoms. The molecule has 2 rings (SSSR count). The molecule has 0 aliphatic rings. The van der Waals surface area contributed by atoms with Gasteiger partial charge in [-0.3, -0.25) is 0 Å². The highest BCUT2D eigenvalue weighted by Gasteiger charge is 2.09. The van der Waals surface area contributed by atoms with Gasteiger partial charge in [0.05, 0.1) is 10.7 Å². The smallest absolute Gasteiger partial charge is 0.159 e. The second-order valence-electron chi connectivity index (χ2n) is 3.28. The predicted octanol–water partition coefficient (Wildman–Crippen LogP) is 3.58. The number of aromatic nitrogens is 2. The fourth-order valence-corrected chi connectivity index (χ4v) is 2.03. The summed E-state index contributed by atoms with van der Waals surface area (Å²) in [6, 6.07) is 5.11. The first kappa shape index (κ1) is 13.4. The molecule has 0 atom stereocenters. The summed E-state index contributed by atoms with van der Waals surface area (Å²) in [4.78, 5) is 8.03. The van der Waals surface area contributed by atoms with Crippen molar-refractivity contribution < 1.29 is 0 Å². The number of hydrogen-bond donors (Lipinski definition) is 3. The molecule has 0 spiro atoms. The van der Waals surface area contributed by atoms with Crippen LogP contribution in [-0.4, -0.2) is 9.97 Å². The van der Waals surface area contributed by atoms with Gasteiger partial charge >= 0.3 is 0 Å². The number of nitrogens with zero attached hydrogens (tertiary/aromatic N) is 2. The molecule has 1 heterocycles. The molecule has 1 aromatic heterocycles. The quantitative estimate of drug-likeness (QED) is 0.584. The maximum atomic E-state index is 6.05. The minimum atomic E-state index is 0.464. The number of nitrogen functional groups attached to an aromatic ring is 1. The summed E-state index contributed by atoms with van der Waals surface area (Å²) in [7, 11) is 0. The number of anilines is 3. The molecule has 0 saturated carbocycles. The zero-order chi connectivity index (χ0) is 13.1. The Morgan fingerprint density at radius 3 is 2.61 bits per heavy atom.